The van der Waals surface area contributed by atoms with E-state index in [9.17, 15) is 18.0 Å². The summed E-state index contributed by atoms with van der Waals surface area (Å²) in [5.41, 5.74) is -0.588. The maximum absolute atomic E-state index is 12.9. The summed E-state index contributed by atoms with van der Waals surface area (Å²) < 4.78 is 43.6. The van der Waals surface area contributed by atoms with Gasteiger partial charge in [0.15, 0.2) is 5.78 Å². The van der Waals surface area contributed by atoms with Gasteiger partial charge in [0.25, 0.3) is 0 Å². The summed E-state index contributed by atoms with van der Waals surface area (Å²) in [4.78, 5) is 15.8. The number of aromatic nitrogens is 1. The van der Waals surface area contributed by atoms with Gasteiger partial charge in [-0.2, -0.15) is 13.2 Å². The van der Waals surface area contributed by atoms with E-state index in [4.69, 9.17) is 4.74 Å². The fourth-order valence-corrected chi connectivity index (χ4v) is 1.92. The predicted octanol–water partition coefficient (Wildman–Crippen LogP) is 4.22. The van der Waals surface area contributed by atoms with Crippen molar-refractivity contribution in [2.24, 2.45) is 0 Å². The smallest absolute Gasteiger partial charge is 0.416 e. The molecule has 1 aromatic heterocycles. The Morgan fingerprint density at radius 1 is 1.35 bits per heavy atom. The van der Waals surface area contributed by atoms with E-state index in [0.29, 0.717) is 0 Å². The van der Waals surface area contributed by atoms with E-state index in [-0.39, 0.29) is 22.8 Å². The van der Waals surface area contributed by atoms with Gasteiger partial charge >= 0.3 is 6.18 Å². The zero-order valence-corrected chi connectivity index (χ0v) is 12.1. The molecule has 0 bridgehead atoms. The summed E-state index contributed by atoms with van der Waals surface area (Å²) in [7, 11) is 1.34. The lowest BCUT2D eigenvalue weighted by molar-refractivity contribution is -0.137. The monoisotopic (exact) mass is 322 g/mol. The van der Waals surface area contributed by atoms with Crippen LogP contribution in [0.4, 0.5) is 24.7 Å². The summed E-state index contributed by atoms with van der Waals surface area (Å²) in [5.74, 6) is -0.0813. The molecule has 1 N–H and O–H groups in total. The van der Waals surface area contributed by atoms with Crippen molar-refractivity contribution >= 4 is 17.3 Å². The Hall–Kier alpha value is -2.83. The number of alkyl halides is 3. The minimum Gasteiger partial charge on any atom is -0.495 e. The number of nitrogens with zero attached hydrogens (tertiary/aromatic N) is 1. The van der Waals surface area contributed by atoms with Crippen LogP contribution in [0.1, 0.15) is 15.9 Å². The van der Waals surface area contributed by atoms with E-state index in [0.717, 1.165) is 18.2 Å². The average Bonchev–Trinajstić information content (AvgIpc) is 2.53. The van der Waals surface area contributed by atoms with Crippen LogP contribution < -0.4 is 10.1 Å². The van der Waals surface area contributed by atoms with Crippen molar-refractivity contribution < 1.29 is 22.7 Å². The van der Waals surface area contributed by atoms with Crippen LogP contribution in [0.2, 0.25) is 0 Å². The molecule has 0 aliphatic carbocycles. The Balaban J connectivity index is 2.48. The van der Waals surface area contributed by atoms with Crippen molar-refractivity contribution in [2.45, 2.75) is 6.18 Å². The standard InChI is InChI=1S/C16H13F3N2O2/c1-3-13(22)11-5-4-8-20-15(11)21-12-9-10(16(17,18)19)6-7-14(12)23-2/h3-9H,1H2,2H3,(H,20,21). The lowest BCUT2D eigenvalue weighted by Crippen LogP contribution is -2.08. The highest BCUT2D eigenvalue weighted by Gasteiger charge is 2.31. The van der Waals surface area contributed by atoms with E-state index in [1.165, 1.54) is 25.4 Å². The van der Waals surface area contributed by atoms with Gasteiger partial charge in [0.1, 0.15) is 11.6 Å². The largest absolute Gasteiger partial charge is 0.495 e. The van der Waals surface area contributed by atoms with Crippen molar-refractivity contribution in [3.05, 3.63) is 60.3 Å². The highest BCUT2D eigenvalue weighted by Crippen LogP contribution is 2.36. The molecule has 0 saturated heterocycles. The quantitative estimate of drug-likeness (QED) is 0.661. The fraction of sp³-hybridized carbons (Fsp3) is 0.125. The van der Waals surface area contributed by atoms with E-state index in [1.54, 1.807) is 6.07 Å². The number of pyridine rings is 1. The van der Waals surface area contributed by atoms with Crippen LogP contribution in [-0.4, -0.2) is 17.9 Å². The molecule has 7 heteroatoms. The molecule has 0 unspecified atom stereocenters. The Labute approximate surface area is 130 Å². The molecule has 120 valence electrons. The summed E-state index contributed by atoms with van der Waals surface area (Å²) in [5, 5.41) is 2.72. The normalized spacial score (nSPS) is 11.0. The number of benzene rings is 1. The first-order valence-corrected chi connectivity index (χ1v) is 6.51. The topological polar surface area (TPSA) is 51.2 Å². The Morgan fingerprint density at radius 3 is 2.70 bits per heavy atom. The number of hydrogen-bond donors (Lipinski definition) is 1. The number of methoxy groups -OCH3 is 1. The third-order valence-electron chi connectivity index (χ3n) is 3.04. The molecule has 2 aromatic rings. The van der Waals surface area contributed by atoms with E-state index in [1.807, 2.05) is 0 Å². The highest BCUT2D eigenvalue weighted by atomic mass is 19.4. The van der Waals surface area contributed by atoms with E-state index >= 15 is 0 Å². The molecule has 1 aromatic carbocycles. The summed E-state index contributed by atoms with van der Waals surface area (Å²) in [6.07, 6.45) is -1.97. The Kier molecular flexibility index (Phi) is 4.68. The SMILES string of the molecule is C=CC(=O)c1cccnc1Nc1cc(C(F)(F)F)ccc1OC. The number of anilines is 2. The molecule has 0 radical (unpaired) electrons. The van der Waals surface area contributed by atoms with Gasteiger partial charge < -0.3 is 10.1 Å². The Morgan fingerprint density at radius 2 is 2.09 bits per heavy atom. The van der Waals surface area contributed by atoms with Crippen molar-refractivity contribution in [3.63, 3.8) is 0 Å². The van der Waals surface area contributed by atoms with Crippen LogP contribution in [0.3, 0.4) is 0 Å². The van der Waals surface area contributed by atoms with E-state index in [2.05, 4.69) is 16.9 Å². The lowest BCUT2D eigenvalue weighted by atomic mass is 10.1. The molecule has 0 saturated carbocycles. The van der Waals surface area contributed by atoms with Crippen LogP contribution >= 0.6 is 0 Å². The van der Waals surface area contributed by atoms with Crippen molar-refractivity contribution in [2.75, 3.05) is 12.4 Å². The minimum absolute atomic E-state index is 0.0548. The third kappa shape index (κ3) is 3.68. The zero-order chi connectivity index (χ0) is 17.0. The molecule has 0 spiro atoms. The number of carbonyl (C=O) groups excluding carboxylic acids is 1. The number of carbonyl (C=O) groups is 1. The van der Waals surface area contributed by atoms with Gasteiger partial charge in [-0.3, -0.25) is 4.79 Å². The molecule has 0 aliphatic rings. The number of nitrogens with one attached hydrogen (secondary N) is 1. The first kappa shape index (κ1) is 16.5. The van der Waals surface area contributed by atoms with Crippen LogP contribution in [0, 0.1) is 0 Å². The van der Waals surface area contributed by atoms with Crippen LogP contribution in [-0.2, 0) is 6.18 Å². The lowest BCUT2D eigenvalue weighted by Gasteiger charge is -2.15. The zero-order valence-electron chi connectivity index (χ0n) is 12.1. The number of halogens is 3. The molecule has 2 rings (SSSR count). The second-order valence-electron chi connectivity index (χ2n) is 4.51. The van der Waals surface area contributed by atoms with Crippen LogP contribution in [0.25, 0.3) is 0 Å². The van der Waals surface area contributed by atoms with Gasteiger partial charge in [-0.1, -0.05) is 6.58 Å². The van der Waals surface area contributed by atoms with Gasteiger partial charge in [-0.05, 0) is 36.4 Å². The second kappa shape index (κ2) is 6.51. The van der Waals surface area contributed by atoms with Crippen molar-refractivity contribution in [1.82, 2.24) is 4.98 Å². The van der Waals surface area contributed by atoms with Gasteiger partial charge in [0.2, 0.25) is 0 Å². The summed E-state index contributed by atoms with van der Waals surface area (Å²) in [6.45, 7) is 3.39. The van der Waals surface area contributed by atoms with Gasteiger partial charge in [0, 0.05) is 6.20 Å². The number of ether oxygens (including phenoxy) is 1. The number of allylic oxidation sites excluding steroid dienone is 1. The maximum Gasteiger partial charge on any atom is 0.416 e. The number of ketones is 1. The predicted molar refractivity (Wildman–Crippen MR) is 80.0 cm³/mol. The molecular weight excluding hydrogens is 309 g/mol. The second-order valence-corrected chi connectivity index (χ2v) is 4.51. The van der Waals surface area contributed by atoms with Gasteiger partial charge in [0.05, 0.1) is 23.9 Å². The molecule has 0 amide bonds. The van der Waals surface area contributed by atoms with Crippen molar-refractivity contribution in [3.8, 4) is 5.75 Å². The summed E-state index contributed by atoms with van der Waals surface area (Å²) >= 11 is 0. The molecule has 1 heterocycles. The molecule has 0 atom stereocenters. The van der Waals surface area contributed by atoms with Gasteiger partial charge in [-0.25, -0.2) is 4.98 Å². The van der Waals surface area contributed by atoms with E-state index < -0.39 is 17.5 Å². The number of hydrogen-bond acceptors (Lipinski definition) is 4. The molecular formula is C16H13F3N2O2. The first-order chi connectivity index (χ1) is 10.9. The third-order valence-corrected chi connectivity index (χ3v) is 3.04. The Bertz CT molecular complexity index is 742. The minimum atomic E-state index is -4.49. The molecule has 4 nitrogen and oxygen atoms in total. The van der Waals surface area contributed by atoms with Crippen molar-refractivity contribution in [1.29, 1.82) is 0 Å². The number of rotatable bonds is 5. The fourth-order valence-electron chi connectivity index (χ4n) is 1.92. The summed E-state index contributed by atoms with van der Waals surface area (Å²) in [6, 6.07) is 6.06. The van der Waals surface area contributed by atoms with Gasteiger partial charge in [-0.15, -0.1) is 0 Å². The molecule has 23 heavy (non-hydrogen) atoms. The van der Waals surface area contributed by atoms with Crippen LogP contribution in [0.5, 0.6) is 5.75 Å². The highest BCUT2D eigenvalue weighted by molar-refractivity contribution is 6.07. The maximum atomic E-state index is 12.9. The first-order valence-electron chi connectivity index (χ1n) is 6.51. The van der Waals surface area contributed by atoms with Crippen LogP contribution in [0.15, 0.2) is 49.2 Å². The molecule has 0 fully saturated rings. The average molecular weight is 322 g/mol. The molecule has 0 aliphatic heterocycles.